The molecule has 0 saturated heterocycles. The van der Waals surface area contributed by atoms with Gasteiger partial charge in [0.25, 0.3) is 5.91 Å². The molecule has 1 N–H and O–H groups in total. The Bertz CT molecular complexity index is 634. The van der Waals surface area contributed by atoms with Gasteiger partial charge in [0.15, 0.2) is 6.10 Å². The minimum Gasteiger partial charge on any atom is -0.481 e. The zero-order valence-electron chi connectivity index (χ0n) is 14.1. The quantitative estimate of drug-likeness (QED) is 0.802. The van der Waals surface area contributed by atoms with Gasteiger partial charge in [0, 0.05) is 5.69 Å². The van der Waals surface area contributed by atoms with Crippen LogP contribution in [0.4, 0.5) is 5.69 Å². The summed E-state index contributed by atoms with van der Waals surface area (Å²) < 4.78 is 5.74. The zero-order chi connectivity index (χ0) is 16.7. The molecule has 122 valence electrons. The van der Waals surface area contributed by atoms with Gasteiger partial charge in [-0.1, -0.05) is 43.7 Å². The molecule has 0 fully saturated rings. The predicted octanol–water partition coefficient (Wildman–Crippen LogP) is 4.74. The maximum absolute atomic E-state index is 12.2. The molecular weight excluding hydrogens is 286 g/mol. The molecule has 0 spiro atoms. The van der Waals surface area contributed by atoms with E-state index >= 15 is 0 Å². The third-order valence-electron chi connectivity index (χ3n) is 3.81. The first-order valence-electron chi connectivity index (χ1n) is 8.22. The Morgan fingerprint density at radius 3 is 2.48 bits per heavy atom. The number of rotatable bonds is 7. The molecule has 1 atom stereocenters. The van der Waals surface area contributed by atoms with Gasteiger partial charge in [0.1, 0.15) is 5.75 Å². The molecule has 2 aromatic rings. The molecule has 0 saturated carbocycles. The molecular formula is C20H25NO2. The van der Waals surface area contributed by atoms with E-state index in [9.17, 15) is 4.79 Å². The van der Waals surface area contributed by atoms with Crippen molar-refractivity contribution < 1.29 is 9.53 Å². The van der Waals surface area contributed by atoms with E-state index in [1.54, 1.807) is 6.92 Å². The maximum Gasteiger partial charge on any atom is 0.265 e. The van der Waals surface area contributed by atoms with Crippen LogP contribution in [-0.4, -0.2) is 12.0 Å². The van der Waals surface area contributed by atoms with Gasteiger partial charge in [-0.3, -0.25) is 4.79 Å². The Labute approximate surface area is 138 Å². The predicted molar refractivity (Wildman–Crippen MR) is 95.0 cm³/mol. The number of carbonyl (C=O) groups is 1. The lowest BCUT2D eigenvalue weighted by molar-refractivity contribution is -0.122. The van der Waals surface area contributed by atoms with Gasteiger partial charge in [-0.15, -0.1) is 0 Å². The van der Waals surface area contributed by atoms with Gasteiger partial charge >= 0.3 is 0 Å². The van der Waals surface area contributed by atoms with Crippen LogP contribution in [0.1, 0.15) is 37.8 Å². The smallest absolute Gasteiger partial charge is 0.265 e. The molecule has 0 aliphatic carbocycles. The first kappa shape index (κ1) is 17.1. The van der Waals surface area contributed by atoms with Crippen molar-refractivity contribution in [3.05, 3.63) is 59.7 Å². The lowest BCUT2D eigenvalue weighted by Gasteiger charge is -2.16. The monoisotopic (exact) mass is 311 g/mol. The van der Waals surface area contributed by atoms with Crippen LogP contribution in [0.25, 0.3) is 0 Å². The topological polar surface area (TPSA) is 38.3 Å². The summed E-state index contributed by atoms with van der Waals surface area (Å²) in [6.07, 6.45) is 2.91. The highest BCUT2D eigenvalue weighted by molar-refractivity contribution is 5.94. The largest absolute Gasteiger partial charge is 0.481 e. The Hall–Kier alpha value is -2.29. The fourth-order valence-corrected chi connectivity index (χ4v) is 2.31. The van der Waals surface area contributed by atoms with E-state index in [1.165, 1.54) is 18.4 Å². The molecule has 1 amide bonds. The molecule has 0 bridgehead atoms. The highest BCUT2D eigenvalue weighted by atomic mass is 16.5. The van der Waals surface area contributed by atoms with E-state index in [4.69, 9.17) is 4.74 Å². The average Bonchev–Trinajstić information content (AvgIpc) is 2.56. The van der Waals surface area contributed by atoms with Crippen molar-refractivity contribution >= 4 is 11.6 Å². The van der Waals surface area contributed by atoms with Crippen molar-refractivity contribution in [1.82, 2.24) is 0 Å². The van der Waals surface area contributed by atoms with E-state index in [0.29, 0.717) is 0 Å². The van der Waals surface area contributed by atoms with Crippen LogP contribution in [0, 0.1) is 6.92 Å². The average molecular weight is 311 g/mol. The number of para-hydroxylation sites is 1. The first-order chi connectivity index (χ1) is 11.1. The zero-order valence-corrected chi connectivity index (χ0v) is 14.1. The molecule has 2 aromatic carbocycles. The van der Waals surface area contributed by atoms with Crippen LogP contribution < -0.4 is 10.1 Å². The number of unbranched alkanes of at least 4 members (excludes halogenated alkanes) is 1. The molecule has 0 aliphatic rings. The number of nitrogens with one attached hydrogen (secondary N) is 1. The molecule has 0 aromatic heterocycles. The third kappa shape index (κ3) is 5.13. The van der Waals surface area contributed by atoms with E-state index < -0.39 is 6.10 Å². The molecule has 2 rings (SSSR count). The van der Waals surface area contributed by atoms with Crippen LogP contribution in [0.2, 0.25) is 0 Å². The van der Waals surface area contributed by atoms with Crippen molar-refractivity contribution in [3.8, 4) is 5.75 Å². The Morgan fingerprint density at radius 2 is 1.83 bits per heavy atom. The van der Waals surface area contributed by atoms with Gasteiger partial charge in [0.2, 0.25) is 0 Å². The second-order valence-corrected chi connectivity index (χ2v) is 5.82. The number of anilines is 1. The lowest BCUT2D eigenvalue weighted by Crippen LogP contribution is -2.30. The van der Waals surface area contributed by atoms with E-state index in [0.717, 1.165) is 23.4 Å². The van der Waals surface area contributed by atoms with Gasteiger partial charge in [0.05, 0.1) is 0 Å². The summed E-state index contributed by atoms with van der Waals surface area (Å²) in [7, 11) is 0. The summed E-state index contributed by atoms with van der Waals surface area (Å²) in [5.74, 6) is 0.597. The van der Waals surface area contributed by atoms with Crippen molar-refractivity contribution in [2.75, 3.05) is 5.32 Å². The van der Waals surface area contributed by atoms with Gasteiger partial charge in [-0.05, 0) is 56.0 Å². The Kier molecular flexibility index (Phi) is 6.21. The van der Waals surface area contributed by atoms with Gasteiger partial charge < -0.3 is 10.1 Å². The van der Waals surface area contributed by atoms with Crippen LogP contribution in [0.15, 0.2) is 48.5 Å². The number of amides is 1. The van der Waals surface area contributed by atoms with Crippen LogP contribution in [-0.2, 0) is 11.2 Å². The van der Waals surface area contributed by atoms with Crippen molar-refractivity contribution in [1.29, 1.82) is 0 Å². The number of aryl methyl sites for hydroxylation is 2. The Balaban J connectivity index is 1.91. The van der Waals surface area contributed by atoms with Crippen molar-refractivity contribution in [3.63, 3.8) is 0 Å². The molecule has 3 heteroatoms. The SMILES string of the molecule is CCCCc1ccc(NC(=O)C(C)Oc2ccccc2C)cc1. The fourth-order valence-electron chi connectivity index (χ4n) is 2.31. The molecule has 0 heterocycles. The summed E-state index contributed by atoms with van der Waals surface area (Å²) >= 11 is 0. The number of hydrogen-bond acceptors (Lipinski definition) is 2. The van der Waals surface area contributed by atoms with E-state index in [-0.39, 0.29) is 5.91 Å². The molecule has 0 aliphatic heterocycles. The molecule has 3 nitrogen and oxygen atoms in total. The van der Waals surface area contributed by atoms with Crippen LogP contribution >= 0.6 is 0 Å². The van der Waals surface area contributed by atoms with Crippen molar-refractivity contribution in [2.24, 2.45) is 0 Å². The maximum atomic E-state index is 12.2. The fraction of sp³-hybridized carbons (Fsp3) is 0.350. The Morgan fingerprint density at radius 1 is 1.13 bits per heavy atom. The summed E-state index contributed by atoms with van der Waals surface area (Å²) in [6.45, 7) is 5.91. The summed E-state index contributed by atoms with van der Waals surface area (Å²) in [6, 6.07) is 15.7. The van der Waals surface area contributed by atoms with Crippen LogP contribution in [0.5, 0.6) is 5.75 Å². The summed E-state index contributed by atoms with van der Waals surface area (Å²) in [5, 5.41) is 2.90. The third-order valence-corrected chi connectivity index (χ3v) is 3.81. The second-order valence-electron chi connectivity index (χ2n) is 5.82. The molecule has 1 unspecified atom stereocenters. The van der Waals surface area contributed by atoms with Crippen LogP contribution in [0.3, 0.4) is 0 Å². The minimum atomic E-state index is -0.545. The van der Waals surface area contributed by atoms with Crippen molar-refractivity contribution in [2.45, 2.75) is 46.1 Å². The van der Waals surface area contributed by atoms with Gasteiger partial charge in [-0.2, -0.15) is 0 Å². The summed E-state index contributed by atoms with van der Waals surface area (Å²) in [5.41, 5.74) is 3.12. The standard InChI is InChI=1S/C20H25NO2/c1-4-5-9-17-11-13-18(14-12-17)21-20(22)16(3)23-19-10-7-6-8-15(19)2/h6-8,10-14,16H,4-5,9H2,1-3H3,(H,21,22). The normalized spacial score (nSPS) is 11.8. The highest BCUT2D eigenvalue weighted by Gasteiger charge is 2.15. The number of carbonyl (C=O) groups excluding carboxylic acids is 1. The number of ether oxygens (including phenoxy) is 1. The second kappa shape index (κ2) is 8.37. The van der Waals surface area contributed by atoms with E-state index in [1.807, 2.05) is 43.3 Å². The number of benzene rings is 2. The van der Waals surface area contributed by atoms with Gasteiger partial charge in [-0.25, -0.2) is 0 Å². The minimum absolute atomic E-state index is 0.144. The molecule has 23 heavy (non-hydrogen) atoms. The van der Waals surface area contributed by atoms with E-state index in [2.05, 4.69) is 24.4 Å². The summed E-state index contributed by atoms with van der Waals surface area (Å²) in [4.78, 5) is 12.2. The lowest BCUT2D eigenvalue weighted by atomic mass is 10.1. The molecule has 0 radical (unpaired) electrons. The highest BCUT2D eigenvalue weighted by Crippen LogP contribution is 2.18. The number of hydrogen-bond donors (Lipinski definition) is 1. The first-order valence-corrected chi connectivity index (χ1v) is 8.22.